The number of likely N-dealkylation sites (N-methyl/N-ethyl adjacent to an activating group) is 1. The standard InChI is InChI=1S/C11H15F2N3O/c1-14-6-9-7-16(2-3-17-9)11-10(13)4-8(12)5-15-11/h4-5,9,14H,2-3,6-7H2,1H3. The minimum atomic E-state index is -0.661. The van der Waals surface area contributed by atoms with Crippen LogP contribution in [0.25, 0.3) is 0 Å². The molecule has 0 amide bonds. The Morgan fingerprint density at radius 3 is 3.12 bits per heavy atom. The highest BCUT2D eigenvalue weighted by Gasteiger charge is 2.23. The summed E-state index contributed by atoms with van der Waals surface area (Å²) in [6.45, 7) is 2.33. The molecule has 0 bridgehead atoms. The van der Waals surface area contributed by atoms with E-state index in [0.717, 1.165) is 12.3 Å². The normalized spacial score (nSPS) is 20.6. The molecule has 4 nitrogen and oxygen atoms in total. The van der Waals surface area contributed by atoms with Crippen molar-refractivity contribution in [3.05, 3.63) is 23.9 Å². The molecule has 17 heavy (non-hydrogen) atoms. The summed E-state index contributed by atoms with van der Waals surface area (Å²) in [5.74, 6) is -1.10. The van der Waals surface area contributed by atoms with Crippen molar-refractivity contribution in [2.24, 2.45) is 0 Å². The van der Waals surface area contributed by atoms with E-state index in [4.69, 9.17) is 4.74 Å². The maximum Gasteiger partial charge on any atom is 0.168 e. The van der Waals surface area contributed by atoms with Crippen molar-refractivity contribution in [2.75, 3.05) is 38.2 Å². The molecular weight excluding hydrogens is 228 g/mol. The van der Waals surface area contributed by atoms with Gasteiger partial charge in [0.15, 0.2) is 11.6 Å². The quantitative estimate of drug-likeness (QED) is 0.851. The van der Waals surface area contributed by atoms with Crippen molar-refractivity contribution in [1.82, 2.24) is 10.3 Å². The summed E-state index contributed by atoms with van der Waals surface area (Å²) in [6, 6.07) is 0.852. The molecule has 1 N–H and O–H groups in total. The fourth-order valence-corrected chi connectivity index (χ4v) is 1.90. The Morgan fingerprint density at radius 2 is 2.41 bits per heavy atom. The third-order valence-corrected chi connectivity index (χ3v) is 2.66. The van der Waals surface area contributed by atoms with Crippen LogP contribution in [0.15, 0.2) is 12.3 Å². The monoisotopic (exact) mass is 243 g/mol. The van der Waals surface area contributed by atoms with Crippen molar-refractivity contribution >= 4 is 5.82 Å². The van der Waals surface area contributed by atoms with Crippen LogP contribution < -0.4 is 10.2 Å². The Labute approximate surface area is 98.6 Å². The first-order valence-corrected chi connectivity index (χ1v) is 5.53. The number of ether oxygens (including phenoxy) is 1. The molecule has 94 valence electrons. The second-order valence-electron chi connectivity index (χ2n) is 3.96. The molecular formula is C11H15F2N3O. The molecule has 1 aliphatic heterocycles. The smallest absolute Gasteiger partial charge is 0.168 e. The third-order valence-electron chi connectivity index (χ3n) is 2.66. The van der Waals surface area contributed by atoms with Gasteiger partial charge in [-0.2, -0.15) is 0 Å². The van der Waals surface area contributed by atoms with Gasteiger partial charge in [0.1, 0.15) is 5.82 Å². The molecule has 0 saturated carbocycles. The summed E-state index contributed by atoms with van der Waals surface area (Å²) in [5, 5.41) is 3.01. The maximum absolute atomic E-state index is 13.5. The predicted octanol–water partition coefficient (Wildman–Crippen LogP) is 0.784. The van der Waals surface area contributed by atoms with Crippen molar-refractivity contribution in [2.45, 2.75) is 6.10 Å². The molecule has 1 aromatic heterocycles. The van der Waals surface area contributed by atoms with E-state index in [1.165, 1.54) is 0 Å². The van der Waals surface area contributed by atoms with Crippen LogP contribution in [0.2, 0.25) is 0 Å². The Morgan fingerprint density at radius 1 is 1.59 bits per heavy atom. The van der Waals surface area contributed by atoms with Gasteiger partial charge in [-0.15, -0.1) is 0 Å². The molecule has 2 rings (SSSR count). The molecule has 1 aliphatic rings. The molecule has 0 spiro atoms. The number of morpholine rings is 1. The van der Waals surface area contributed by atoms with Crippen LogP contribution in [0.4, 0.5) is 14.6 Å². The number of aromatic nitrogens is 1. The molecule has 0 aliphatic carbocycles. The molecule has 0 radical (unpaired) electrons. The summed E-state index contributed by atoms with van der Waals surface area (Å²) >= 11 is 0. The highest BCUT2D eigenvalue weighted by atomic mass is 19.1. The molecule has 1 saturated heterocycles. The first-order valence-electron chi connectivity index (χ1n) is 5.53. The number of nitrogens with zero attached hydrogens (tertiary/aromatic N) is 2. The van der Waals surface area contributed by atoms with E-state index in [0.29, 0.717) is 26.2 Å². The minimum absolute atomic E-state index is 0.00000283. The van der Waals surface area contributed by atoms with E-state index in [-0.39, 0.29) is 11.9 Å². The summed E-state index contributed by atoms with van der Waals surface area (Å²) in [6.07, 6.45) is 1.03. The maximum atomic E-state index is 13.5. The zero-order valence-corrected chi connectivity index (χ0v) is 9.62. The second kappa shape index (κ2) is 5.37. The average Bonchev–Trinajstić information content (AvgIpc) is 2.29. The van der Waals surface area contributed by atoms with Gasteiger partial charge in [-0.05, 0) is 7.05 Å². The van der Waals surface area contributed by atoms with Gasteiger partial charge in [-0.3, -0.25) is 0 Å². The van der Waals surface area contributed by atoms with Crippen molar-refractivity contribution in [1.29, 1.82) is 0 Å². The summed E-state index contributed by atoms with van der Waals surface area (Å²) < 4.78 is 31.8. The van der Waals surface area contributed by atoms with Crippen LogP contribution in [0.1, 0.15) is 0 Å². The lowest BCUT2D eigenvalue weighted by Gasteiger charge is -2.33. The third kappa shape index (κ3) is 2.89. The minimum Gasteiger partial charge on any atom is -0.373 e. The van der Waals surface area contributed by atoms with Gasteiger partial charge in [0.2, 0.25) is 0 Å². The zero-order valence-electron chi connectivity index (χ0n) is 9.62. The molecule has 1 aromatic rings. The van der Waals surface area contributed by atoms with E-state index in [1.807, 2.05) is 7.05 Å². The zero-order chi connectivity index (χ0) is 12.3. The highest BCUT2D eigenvalue weighted by molar-refractivity contribution is 5.40. The van der Waals surface area contributed by atoms with E-state index in [2.05, 4.69) is 10.3 Å². The molecule has 1 fully saturated rings. The van der Waals surface area contributed by atoms with Crippen molar-refractivity contribution in [3.8, 4) is 0 Å². The van der Waals surface area contributed by atoms with E-state index in [1.54, 1.807) is 4.90 Å². The molecule has 0 aromatic carbocycles. The lowest BCUT2D eigenvalue weighted by molar-refractivity contribution is 0.0416. The molecule has 2 heterocycles. The molecule has 6 heteroatoms. The predicted molar refractivity (Wildman–Crippen MR) is 60.0 cm³/mol. The van der Waals surface area contributed by atoms with Gasteiger partial charge in [-0.25, -0.2) is 13.8 Å². The number of pyridine rings is 1. The molecule has 1 atom stereocenters. The summed E-state index contributed by atoms with van der Waals surface area (Å²) in [7, 11) is 1.83. The topological polar surface area (TPSA) is 37.4 Å². The fraction of sp³-hybridized carbons (Fsp3) is 0.545. The number of hydrogen-bond donors (Lipinski definition) is 1. The first-order chi connectivity index (χ1) is 8.20. The van der Waals surface area contributed by atoms with Gasteiger partial charge < -0.3 is 15.0 Å². The second-order valence-corrected chi connectivity index (χ2v) is 3.96. The average molecular weight is 243 g/mol. The number of nitrogens with one attached hydrogen (secondary N) is 1. The highest BCUT2D eigenvalue weighted by Crippen LogP contribution is 2.19. The lowest BCUT2D eigenvalue weighted by atomic mass is 10.2. The largest absolute Gasteiger partial charge is 0.373 e. The van der Waals surface area contributed by atoms with Crippen LogP contribution in [0.5, 0.6) is 0 Å². The Hall–Kier alpha value is -1.27. The van der Waals surface area contributed by atoms with Gasteiger partial charge in [0.05, 0.1) is 18.9 Å². The van der Waals surface area contributed by atoms with Crippen molar-refractivity contribution in [3.63, 3.8) is 0 Å². The Kier molecular flexibility index (Phi) is 3.86. The molecule has 1 unspecified atom stereocenters. The van der Waals surface area contributed by atoms with E-state index >= 15 is 0 Å². The summed E-state index contributed by atoms with van der Waals surface area (Å²) in [5.41, 5.74) is 0. The summed E-state index contributed by atoms with van der Waals surface area (Å²) in [4.78, 5) is 5.57. The van der Waals surface area contributed by atoms with E-state index in [9.17, 15) is 8.78 Å². The number of anilines is 1. The van der Waals surface area contributed by atoms with Crippen LogP contribution in [0.3, 0.4) is 0 Å². The van der Waals surface area contributed by atoms with Crippen LogP contribution in [-0.4, -0.2) is 44.4 Å². The van der Waals surface area contributed by atoms with E-state index < -0.39 is 11.6 Å². The van der Waals surface area contributed by atoms with Gasteiger partial charge in [-0.1, -0.05) is 0 Å². The van der Waals surface area contributed by atoms with Crippen LogP contribution in [-0.2, 0) is 4.74 Å². The van der Waals surface area contributed by atoms with Crippen LogP contribution >= 0.6 is 0 Å². The SMILES string of the molecule is CNCC1CN(c2ncc(F)cc2F)CCO1. The van der Waals surface area contributed by atoms with Crippen molar-refractivity contribution < 1.29 is 13.5 Å². The van der Waals surface area contributed by atoms with Gasteiger partial charge >= 0.3 is 0 Å². The number of halogens is 2. The van der Waals surface area contributed by atoms with Crippen LogP contribution in [0, 0.1) is 11.6 Å². The lowest BCUT2D eigenvalue weighted by Crippen LogP contribution is -2.46. The fourth-order valence-electron chi connectivity index (χ4n) is 1.90. The Bertz CT molecular complexity index is 387. The first kappa shape index (κ1) is 12.2. The Balaban J connectivity index is 2.10. The number of rotatable bonds is 3. The number of hydrogen-bond acceptors (Lipinski definition) is 4. The van der Waals surface area contributed by atoms with Gasteiger partial charge in [0.25, 0.3) is 0 Å². The van der Waals surface area contributed by atoms with Gasteiger partial charge in [0, 0.05) is 25.7 Å².